The van der Waals surface area contributed by atoms with E-state index in [0.29, 0.717) is 5.69 Å². The van der Waals surface area contributed by atoms with Gasteiger partial charge in [0.05, 0.1) is 10.7 Å². The van der Waals surface area contributed by atoms with E-state index in [4.69, 9.17) is 0 Å². The van der Waals surface area contributed by atoms with Crippen LogP contribution in [0.5, 0.6) is 0 Å². The number of hydrogen-bond acceptors (Lipinski definition) is 2. The van der Waals surface area contributed by atoms with E-state index in [9.17, 15) is 4.39 Å². The average Bonchev–Trinajstić information content (AvgIpc) is 2.13. The SMILES string of the molecule is CCc1nc(C)c(F)s1. The molecule has 0 saturated heterocycles. The minimum atomic E-state index is -0.146. The third-order valence-corrected chi connectivity index (χ3v) is 2.18. The van der Waals surface area contributed by atoms with Crippen molar-refractivity contribution in [2.24, 2.45) is 0 Å². The Morgan fingerprint density at radius 3 is 2.56 bits per heavy atom. The summed E-state index contributed by atoms with van der Waals surface area (Å²) in [6.45, 7) is 3.66. The standard InChI is InChI=1S/C6H8FNS/c1-3-5-8-4(2)6(7)9-5/h3H2,1-2H3. The molecular formula is C6H8FNS. The Kier molecular flexibility index (Phi) is 1.81. The molecular weight excluding hydrogens is 137 g/mol. The summed E-state index contributed by atoms with van der Waals surface area (Å²) in [5.41, 5.74) is 0.525. The van der Waals surface area contributed by atoms with Crippen molar-refractivity contribution in [1.82, 2.24) is 4.98 Å². The second-order valence-electron chi connectivity index (χ2n) is 1.82. The molecule has 1 aromatic rings. The molecule has 0 aliphatic carbocycles. The topological polar surface area (TPSA) is 12.9 Å². The maximum atomic E-state index is 12.5. The van der Waals surface area contributed by atoms with Crippen LogP contribution in [0.15, 0.2) is 0 Å². The first-order chi connectivity index (χ1) is 4.24. The number of aryl methyl sites for hydroxylation is 2. The number of halogens is 1. The van der Waals surface area contributed by atoms with Crippen LogP contribution in [-0.2, 0) is 6.42 Å². The Labute approximate surface area is 57.6 Å². The predicted octanol–water partition coefficient (Wildman–Crippen LogP) is 2.15. The molecule has 0 N–H and O–H groups in total. The normalized spacial score (nSPS) is 10.1. The summed E-state index contributed by atoms with van der Waals surface area (Å²) in [5.74, 6) is 0. The van der Waals surface area contributed by atoms with E-state index in [0.717, 1.165) is 22.8 Å². The molecule has 0 amide bonds. The second kappa shape index (κ2) is 2.43. The van der Waals surface area contributed by atoms with E-state index in [2.05, 4.69) is 4.98 Å². The van der Waals surface area contributed by atoms with Gasteiger partial charge in [0.15, 0.2) is 5.13 Å². The summed E-state index contributed by atoms with van der Waals surface area (Å²) in [6.07, 6.45) is 0.829. The summed E-state index contributed by atoms with van der Waals surface area (Å²) in [4.78, 5) is 3.97. The molecule has 0 aliphatic heterocycles. The molecule has 1 aromatic heterocycles. The summed E-state index contributed by atoms with van der Waals surface area (Å²) in [6, 6.07) is 0. The van der Waals surface area contributed by atoms with Crippen LogP contribution in [0.4, 0.5) is 4.39 Å². The zero-order valence-electron chi connectivity index (χ0n) is 5.44. The number of aromatic nitrogens is 1. The van der Waals surface area contributed by atoms with Crippen LogP contribution in [0.2, 0.25) is 0 Å². The van der Waals surface area contributed by atoms with E-state index in [1.54, 1.807) is 6.92 Å². The van der Waals surface area contributed by atoms with Gasteiger partial charge in [0, 0.05) is 0 Å². The fourth-order valence-electron chi connectivity index (χ4n) is 0.582. The van der Waals surface area contributed by atoms with Gasteiger partial charge in [-0.25, -0.2) is 4.98 Å². The maximum absolute atomic E-state index is 12.5. The van der Waals surface area contributed by atoms with E-state index < -0.39 is 0 Å². The summed E-state index contributed by atoms with van der Waals surface area (Å²) >= 11 is 1.14. The molecule has 0 bridgehead atoms. The lowest BCUT2D eigenvalue weighted by Crippen LogP contribution is -1.76. The zero-order chi connectivity index (χ0) is 6.85. The Hall–Kier alpha value is -0.440. The Bertz CT molecular complexity index is 187. The van der Waals surface area contributed by atoms with Gasteiger partial charge in [0.1, 0.15) is 0 Å². The lowest BCUT2D eigenvalue weighted by molar-refractivity contribution is 0.643. The lowest BCUT2D eigenvalue weighted by atomic mass is 10.5. The summed E-state index contributed by atoms with van der Waals surface area (Å²) < 4.78 is 12.5. The molecule has 0 aromatic carbocycles. The van der Waals surface area contributed by atoms with Crippen molar-refractivity contribution in [1.29, 1.82) is 0 Å². The van der Waals surface area contributed by atoms with Gasteiger partial charge in [0.25, 0.3) is 0 Å². The summed E-state index contributed by atoms with van der Waals surface area (Å²) in [7, 11) is 0. The van der Waals surface area contributed by atoms with Gasteiger partial charge >= 0.3 is 0 Å². The van der Waals surface area contributed by atoms with Gasteiger partial charge < -0.3 is 0 Å². The molecule has 50 valence electrons. The molecule has 3 heteroatoms. The molecule has 0 fully saturated rings. The van der Waals surface area contributed by atoms with E-state index in [1.165, 1.54) is 0 Å². The van der Waals surface area contributed by atoms with E-state index in [1.807, 2.05) is 6.92 Å². The fourth-order valence-corrected chi connectivity index (χ4v) is 1.31. The van der Waals surface area contributed by atoms with E-state index in [-0.39, 0.29) is 5.13 Å². The smallest absolute Gasteiger partial charge is 0.199 e. The van der Waals surface area contributed by atoms with Crippen molar-refractivity contribution >= 4 is 11.3 Å². The molecule has 1 rings (SSSR count). The molecule has 0 spiro atoms. The Morgan fingerprint density at radius 2 is 2.33 bits per heavy atom. The van der Waals surface area contributed by atoms with Crippen LogP contribution in [0.25, 0.3) is 0 Å². The van der Waals surface area contributed by atoms with Crippen molar-refractivity contribution in [3.8, 4) is 0 Å². The van der Waals surface area contributed by atoms with Crippen LogP contribution >= 0.6 is 11.3 Å². The molecule has 0 aliphatic rings. The average molecular weight is 145 g/mol. The molecule has 1 heterocycles. The van der Waals surface area contributed by atoms with Crippen molar-refractivity contribution in [2.45, 2.75) is 20.3 Å². The zero-order valence-corrected chi connectivity index (χ0v) is 6.26. The van der Waals surface area contributed by atoms with Crippen molar-refractivity contribution in [2.75, 3.05) is 0 Å². The van der Waals surface area contributed by atoms with Gasteiger partial charge in [-0.3, -0.25) is 0 Å². The molecule has 1 nitrogen and oxygen atoms in total. The van der Waals surface area contributed by atoms with Crippen LogP contribution in [0, 0.1) is 12.1 Å². The maximum Gasteiger partial charge on any atom is 0.199 e. The highest BCUT2D eigenvalue weighted by Crippen LogP contribution is 2.15. The number of rotatable bonds is 1. The van der Waals surface area contributed by atoms with Crippen molar-refractivity contribution < 1.29 is 4.39 Å². The monoisotopic (exact) mass is 145 g/mol. The first kappa shape index (κ1) is 6.68. The number of hydrogen-bond donors (Lipinski definition) is 0. The highest BCUT2D eigenvalue weighted by atomic mass is 32.1. The van der Waals surface area contributed by atoms with Gasteiger partial charge in [-0.2, -0.15) is 4.39 Å². The predicted molar refractivity (Wildman–Crippen MR) is 36.2 cm³/mol. The molecule has 0 saturated carbocycles. The van der Waals surface area contributed by atoms with Gasteiger partial charge in [-0.1, -0.05) is 18.3 Å². The molecule has 0 radical (unpaired) electrons. The molecule has 0 unspecified atom stereocenters. The van der Waals surface area contributed by atoms with Crippen LogP contribution < -0.4 is 0 Å². The third-order valence-electron chi connectivity index (χ3n) is 1.09. The van der Waals surface area contributed by atoms with Crippen LogP contribution in [0.1, 0.15) is 17.6 Å². The highest BCUT2D eigenvalue weighted by Gasteiger charge is 2.02. The fraction of sp³-hybridized carbons (Fsp3) is 0.500. The molecule has 0 atom stereocenters. The first-order valence-electron chi connectivity index (χ1n) is 2.86. The second-order valence-corrected chi connectivity index (χ2v) is 2.85. The minimum absolute atomic E-state index is 0.146. The van der Waals surface area contributed by atoms with Crippen LogP contribution in [0.3, 0.4) is 0 Å². The highest BCUT2D eigenvalue weighted by molar-refractivity contribution is 7.10. The van der Waals surface area contributed by atoms with Crippen LogP contribution in [-0.4, -0.2) is 4.98 Å². The number of thiazole rings is 1. The Morgan fingerprint density at radius 1 is 1.67 bits per heavy atom. The van der Waals surface area contributed by atoms with Crippen molar-refractivity contribution in [3.63, 3.8) is 0 Å². The summed E-state index contributed by atoms with van der Waals surface area (Å²) in [5, 5.41) is 0.733. The van der Waals surface area contributed by atoms with Gasteiger partial charge in [0.2, 0.25) is 0 Å². The Balaban J connectivity index is 2.98. The quantitative estimate of drug-likeness (QED) is 0.590. The van der Waals surface area contributed by atoms with Crippen molar-refractivity contribution in [3.05, 3.63) is 15.8 Å². The lowest BCUT2D eigenvalue weighted by Gasteiger charge is -1.78. The van der Waals surface area contributed by atoms with Gasteiger partial charge in [-0.05, 0) is 13.3 Å². The number of nitrogens with zero attached hydrogens (tertiary/aromatic N) is 1. The largest absolute Gasteiger partial charge is 0.243 e. The minimum Gasteiger partial charge on any atom is -0.243 e. The van der Waals surface area contributed by atoms with Gasteiger partial charge in [-0.15, -0.1) is 0 Å². The van der Waals surface area contributed by atoms with E-state index >= 15 is 0 Å². The molecule has 9 heavy (non-hydrogen) atoms. The first-order valence-corrected chi connectivity index (χ1v) is 3.67. The third kappa shape index (κ3) is 1.27.